The Morgan fingerprint density at radius 2 is 1.75 bits per heavy atom. The maximum absolute atomic E-state index is 8.95. The third kappa shape index (κ3) is 3.30. The smallest absolute Gasteiger partial charge is 0.125 e. The molecule has 3 heteroatoms. The average molecular weight is 267 g/mol. The minimum absolute atomic E-state index is 0.377. The summed E-state index contributed by atoms with van der Waals surface area (Å²) in [5.41, 5.74) is 3.80. The molecule has 0 aliphatic heterocycles. The lowest BCUT2D eigenvalue weighted by molar-refractivity contribution is 0.296. The van der Waals surface area contributed by atoms with E-state index in [9.17, 15) is 0 Å². The lowest BCUT2D eigenvalue weighted by Gasteiger charge is -2.11. The number of rotatable bonds is 4. The Kier molecular flexibility index (Phi) is 4.27. The van der Waals surface area contributed by atoms with Gasteiger partial charge in [0.05, 0.1) is 18.7 Å². The molecule has 0 N–H and O–H groups in total. The summed E-state index contributed by atoms with van der Waals surface area (Å²) >= 11 is 0. The van der Waals surface area contributed by atoms with Crippen LogP contribution in [0.5, 0.6) is 11.5 Å². The van der Waals surface area contributed by atoms with Crippen molar-refractivity contribution in [2.45, 2.75) is 20.5 Å². The maximum Gasteiger partial charge on any atom is 0.125 e. The van der Waals surface area contributed by atoms with Crippen molar-refractivity contribution >= 4 is 0 Å². The molecule has 20 heavy (non-hydrogen) atoms. The van der Waals surface area contributed by atoms with Crippen molar-refractivity contribution < 1.29 is 9.47 Å². The first-order chi connectivity index (χ1) is 9.62. The summed E-state index contributed by atoms with van der Waals surface area (Å²) in [6, 6.07) is 13.5. The second kappa shape index (κ2) is 6.12. The normalized spacial score (nSPS) is 9.90. The molecule has 0 bridgehead atoms. The Morgan fingerprint density at radius 1 is 1.05 bits per heavy atom. The number of aryl methyl sites for hydroxylation is 2. The molecule has 0 radical (unpaired) electrons. The van der Waals surface area contributed by atoms with Gasteiger partial charge in [-0.3, -0.25) is 0 Å². The van der Waals surface area contributed by atoms with E-state index < -0.39 is 0 Å². The molecule has 2 aromatic carbocycles. The molecule has 0 fully saturated rings. The topological polar surface area (TPSA) is 42.2 Å². The van der Waals surface area contributed by atoms with E-state index in [1.807, 2.05) is 26.0 Å². The van der Waals surface area contributed by atoms with Crippen LogP contribution >= 0.6 is 0 Å². The molecule has 0 saturated heterocycles. The van der Waals surface area contributed by atoms with Crippen LogP contribution < -0.4 is 9.47 Å². The Morgan fingerprint density at radius 3 is 2.35 bits per heavy atom. The summed E-state index contributed by atoms with van der Waals surface area (Å²) in [6.07, 6.45) is 0. The largest absolute Gasteiger partial charge is 0.496 e. The molecule has 0 unspecified atom stereocenters. The second-order valence-electron chi connectivity index (χ2n) is 4.75. The van der Waals surface area contributed by atoms with Crippen LogP contribution in [0.1, 0.15) is 22.3 Å². The van der Waals surface area contributed by atoms with E-state index >= 15 is 0 Å². The molecule has 0 aliphatic carbocycles. The number of methoxy groups -OCH3 is 1. The molecular weight excluding hydrogens is 250 g/mol. The number of hydrogen-bond acceptors (Lipinski definition) is 3. The van der Waals surface area contributed by atoms with Crippen molar-refractivity contribution in [1.29, 1.82) is 5.26 Å². The van der Waals surface area contributed by atoms with Crippen molar-refractivity contribution in [3.63, 3.8) is 0 Å². The summed E-state index contributed by atoms with van der Waals surface area (Å²) in [5.74, 6) is 1.56. The van der Waals surface area contributed by atoms with Gasteiger partial charge < -0.3 is 9.47 Å². The quantitative estimate of drug-likeness (QED) is 0.847. The van der Waals surface area contributed by atoms with Crippen LogP contribution in [0.25, 0.3) is 0 Å². The van der Waals surface area contributed by atoms with Crippen molar-refractivity contribution in [3.8, 4) is 17.6 Å². The molecule has 2 rings (SSSR count). The Hall–Kier alpha value is -2.47. The fourth-order valence-corrected chi connectivity index (χ4v) is 2.14. The van der Waals surface area contributed by atoms with Gasteiger partial charge in [0.2, 0.25) is 0 Å². The fourth-order valence-electron chi connectivity index (χ4n) is 2.14. The third-order valence-electron chi connectivity index (χ3n) is 3.00. The monoisotopic (exact) mass is 267 g/mol. The van der Waals surface area contributed by atoms with Crippen LogP contribution in [0.15, 0.2) is 36.4 Å². The molecule has 0 spiro atoms. The second-order valence-corrected chi connectivity index (χ2v) is 4.75. The first-order valence-corrected chi connectivity index (χ1v) is 6.40. The summed E-state index contributed by atoms with van der Waals surface area (Å²) in [5, 5.41) is 8.95. The highest BCUT2D eigenvalue weighted by Crippen LogP contribution is 2.23. The van der Waals surface area contributed by atoms with E-state index in [4.69, 9.17) is 14.7 Å². The SMILES string of the molecule is COc1ccc(C#N)cc1COc1cc(C)cc(C)c1. The lowest BCUT2D eigenvalue weighted by atomic mass is 10.1. The summed E-state index contributed by atoms with van der Waals surface area (Å²) in [4.78, 5) is 0. The summed E-state index contributed by atoms with van der Waals surface area (Å²) in [7, 11) is 1.61. The number of nitrogens with zero attached hydrogens (tertiary/aromatic N) is 1. The molecule has 0 aromatic heterocycles. The molecule has 3 nitrogen and oxygen atoms in total. The van der Waals surface area contributed by atoms with Gasteiger partial charge in [0.1, 0.15) is 18.1 Å². The summed E-state index contributed by atoms with van der Waals surface area (Å²) in [6.45, 7) is 4.45. The van der Waals surface area contributed by atoms with Gasteiger partial charge >= 0.3 is 0 Å². The van der Waals surface area contributed by atoms with Gasteiger partial charge in [-0.05, 0) is 55.3 Å². The third-order valence-corrected chi connectivity index (χ3v) is 3.00. The van der Waals surface area contributed by atoms with Crippen LogP contribution in [0.2, 0.25) is 0 Å². The first-order valence-electron chi connectivity index (χ1n) is 6.40. The number of ether oxygens (including phenoxy) is 2. The van der Waals surface area contributed by atoms with Crippen molar-refractivity contribution in [3.05, 3.63) is 58.7 Å². The van der Waals surface area contributed by atoms with Crippen LogP contribution in [-0.2, 0) is 6.61 Å². The zero-order valence-electron chi connectivity index (χ0n) is 11.9. The van der Waals surface area contributed by atoms with E-state index in [2.05, 4.69) is 12.1 Å². The molecule has 0 atom stereocenters. The van der Waals surface area contributed by atoms with Crippen LogP contribution in [0.4, 0.5) is 0 Å². The maximum atomic E-state index is 8.95. The van der Waals surface area contributed by atoms with Crippen LogP contribution in [-0.4, -0.2) is 7.11 Å². The molecule has 0 aliphatic rings. The van der Waals surface area contributed by atoms with Crippen molar-refractivity contribution in [1.82, 2.24) is 0 Å². The molecule has 0 heterocycles. The highest BCUT2D eigenvalue weighted by atomic mass is 16.5. The molecular formula is C17H17NO2. The lowest BCUT2D eigenvalue weighted by Crippen LogP contribution is -2.00. The molecule has 2 aromatic rings. The van der Waals surface area contributed by atoms with Crippen molar-refractivity contribution in [2.75, 3.05) is 7.11 Å². The number of hydrogen-bond donors (Lipinski definition) is 0. The van der Waals surface area contributed by atoms with E-state index in [0.29, 0.717) is 12.2 Å². The van der Waals surface area contributed by atoms with Gasteiger partial charge in [-0.2, -0.15) is 5.26 Å². The Labute approximate surface area is 119 Å². The van der Waals surface area contributed by atoms with Gasteiger partial charge in [-0.15, -0.1) is 0 Å². The van der Waals surface area contributed by atoms with Gasteiger partial charge in [-0.1, -0.05) is 6.07 Å². The zero-order chi connectivity index (χ0) is 14.5. The average Bonchev–Trinajstić information content (AvgIpc) is 2.43. The van der Waals surface area contributed by atoms with E-state index in [0.717, 1.165) is 28.2 Å². The Bertz CT molecular complexity index is 636. The summed E-state index contributed by atoms with van der Waals surface area (Å²) < 4.78 is 11.1. The minimum atomic E-state index is 0.377. The predicted molar refractivity (Wildman–Crippen MR) is 78.0 cm³/mol. The fraction of sp³-hybridized carbons (Fsp3) is 0.235. The molecule has 0 saturated carbocycles. The number of benzene rings is 2. The standard InChI is InChI=1S/C17H17NO2/c1-12-6-13(2)8-16(7-12)20-11-15-9-14(10-18)4-5-17(15)19-3/h4-9H,11H2,1-3H3. The van der Waals surface area contributed by atoms with Crippen molar-refractivity contribution in [2.24, 2.45) is 0 Å². The highest BCUT2D eigenvalue weighted by Gasteiger charge is 2.06. The van der Waals surface area contributed by atoms with Gasteiger partial charge in [0.15, 0.2) is 0 Å². The van der Waals surface area contributed by atoms with E-state index in [-0.39, 0.29) is 0 Å². The highest BCUT2D eigenvalue weighted by molar-refractivity contribution is 5.42. The van der Waals surface area contributed by atoms with Crippen LogP contribution in [0, 0.1) is 25.2 Å². The zero-order valence-corrected chi connectivity index (χ0v) is 11.9. The van der Waals surface area contributed by atoms with Gasteiger partial charge in [0.25, 0.3) is 0 Å². The molecule has 0 amide bonds. The van der Waals surface area contributed by atoms with E-state index in [1.165, 1.54) is 0 Å². The van der Waals surface area contributed by atoms with E-state index in [1.54, 1.807) is 25.3 Å². The molecule has 102 valence electrons. The first kappa shape index (κ1) is 14.0. The predicted octanol–water partition coefficient (Wildman–Crippen LogP) is 3.76. The Balaban J connectivity index is 2.19. The number of nitriles is 1. The van der Waals surface area contributed by atoms with Gasteiger partial charge in [-0.25, -0.2) is 0 Å². The van der Waals surface area contributed by atoms with Gasteiger partial charge in [0, 0.05) is 5.56 Å². The minimum Gasteiger partial charge on any atom is -0.496 e. The van der Waals surface area contributed by atoms with Crippen LogP contribution in [0.3, 0.4) is 0 Å².